The molecular weight excluding hydrogens is 376 g/mol. The summed E-state index contributed by atoms with van der Waals surface area (Å²) >= 11 is 0. The summed E-state index contributed by atoms with van der Waals surface area (Å²) in [4.78, 5) is 12.5. The van der Waals surface area contributed by atoms with E-state index < -0.39 is 0 Å². The van der Waals surface area contributed by atoms with Crippen LogP contribution in [0.15, 0.2) is 48.0 Å². The number of hydrogen-bond acceptors (Lipinski definition) is 4. The van der Waals surface area contributed by atoms with Gasteiger partial charge in [-0.1, -0.05) is 55.2 Å². The van der Waals surface area contributed by atoms with Gasteiger partial charge in [0.2, 0.25) is 0 Å². The highest BCUT2D eigenvalue weighted by molar-refractivity contribution is 6.01. The zero-order valence-corrected chi connectivity index (χ0v) is 17.6. The molecule has 2 aromatic rings. The number of nitrogens with one attached hydrogen (secondary N) is 1. The van der Waals surface area contributed by atoms with Gasteiger partial charge in [-0.25, -0.2) is 0 Å². The Bertz CT molecular complexity index is 936. The van der Waals surface area contributed by atoms with Crippen LogP contribution in [0.25, 0.3) is 6.08 Å². The van der Waals surface area contributed by atoms with Crippen molar-refractivity contribution in [1.29, 1.82) is 5.26 Å². The van der Waals surface area contributed by atoms with E-state index in [1.54, 1.807) is 25.3 Å². The van der Waals surface area contributed by atoms with Crippen molar-refractivity contribution in [3.05, 3.63) is 64.7 Å². The van der Waals surface area contributed by atoms with Gasteiger partial charge in [-0.2, -0.15) is 5.26 Å². The molecule has 0 atom stereocenters. The van der Waals surface area contributed by atoms with E-state index >= 15 is 0 Å². The number of benzene rings is 2. The summed E-state index contributed by atoms with van der Waals surface area (Å²) in [6.45, 7) is 2.48. The number of nitriles is 1. The summed E-state index contributed by atoms with van der Waals surface area (Å²) in [7, 11) is 1.57. The van der Waals surface area contributed by atoms with Crippen LogP contribution in [0.1, 0.15) is 48.8 Å². The molecule has 1 amide bonds. The van der Waals surface area contributed by atoms with Crippen molar-refractivity contribution in [3.63, 3.8) is 0 Å². The van der Waals surface area contributed by atoms with E-state index in [2.05, 4.69) is 5.32 Å². The van der Waals surface area contributed by atoms with Gasteiger partial charge in [0.25, 0.3) is 5.91 Å². The molecule has 0 saturated heterocycles. The van der Waals surface area contributed by atoms with Crippen LogP contribution in [0.2, 0.25) is 0 Å². The number of carbonyl (C=O) groups excluding carboxylic acids is 1. The van der Waals surface area contributed by atoms with Gasteiger partial charge in [0.05, 0.1) is 7.11 Å². The Morgan fingerprint density at radius 2 is 1.87 bits per heavy atom. The Labute approximate surface area is 178 Å². The first-order valence-corrected chi connectivity index (χ1v) is 10.4. The minimum Gasteiger partial charge on any atom is -0.493 e. The second-order valence-corrected chi connectivity index (χ2v) is 7.66. The molecule has 0 spiro atoms. The maximum atomic E-state index is 12.5. The first-order chi connectivity index (χ1) is 14.6. The topological polar surface area (TPSA) is 71.3 Å². The highest BCUT2D eigenvalue weighted by atomic mass is 16.5. The Kier molecular flexibility index (Phi) is 7.51. The summed E-state index contributed by atoms with van der Waals surface area (Å²) in [6, 6.07) is 15.7. The van der Waals surface area contributed by atoms with E-state index in [0.29, 0.717) is 23.7 Å². The molecule has 0 aliphatic heterocycles. The van der Waals surface area contributed by atoms with Gasteiger partial charge in [-0.05, 0) is 49.1 Å². The Hall–Kier alpha value is -3.26. The van der Waals surface area contributed by atoms with Gasteiger partial charge < -0.3 is 14.8 Å². The second-order valence-electron chi connectivity index (χ2n) is 7.66. The molecule has 0 aromatic heterocycles. The predicted molar refractivity (Wildman–Crippen MR) is 117 cm³/mol. The van der Waals surface area contributed by atoms with Crippen molar-refractivity contribution in [2.24, 2.45) is 0 Å². The Balaban J connectivity index is 1.69. The standard InChI is InChI=1S/C25H28N2O3/c1-18-8-10-19(11-9-18)17-30-23-13-12-20(15-24(23)29-2)14-21(16-26)25(28)27-22-6-4-3-5-7-22/h8-15,22H,3-7,17H2,1-2H3,(H,27,28). The average Bonchev–Trinajstić information content (AvgIpc) is 2.78. The van der Waals surface area contributed by atoms with Gasteiger partial charge in [0.15, 0.2) is 11.5 Å². The predicted octanol–water partition coefficient (Wildman–Crippen LogP) is 4.94. The molecule has 1 saturated carbocycles. The first-order valence-electron chi connectivity index (χ1n) is 10.4. The summed E-state index contributed by atoms with van der Waals surface area (Å²) in [5.74, 6) is 0.851. The van der Waals surface area contributed by atoms with Gasteiger partial charge in [0, 0.05) is 6.04 Å². The van der Waals surface area contributed by atoms with E-state index in [0.717, 1.165) is 31.2 Å². The fraction of sp³-hybridized carbons (Fsp3) is 0.360. The van der Waals surface area contributed by atoms with Gasteiger partial charge in [0.1, 0.15) is 18.2 Å². The minimum absolute atomic E-state index is 0.0935. The van der Waals surface area contributed by atoms with E-state index in [1.807, 2.05) is 43.3 Å². The molecule has 0 bridgehead atoms. The Morgan fingerprint density at radius 1 is 1.13 bits per heavy atom. The average molecular weight is 405 g/mol. The monoisotopic (exact) mass is 404 g/mol. The summed E-state index contributed by atoms with van der Waals surface area (Å²) in [6.07, 6.45) is 7.00. The molecule has 5 nitrogen and oxygen atoms in total. The smallest absolute Gasteiger partial charge is 0.262 e. The number of amides is 1. The molecule has 156 valence electrons. The quantitative estimate of drug-likeness (QED) is 0.524. The number of nitrogens with zero attached hydrogens (tertiary/aromatic N) is 1. The molecule has 0 radical (unpaired) electrons. The number of aryl methyl sites for hydroxylation is 1. The van der Waals surface area contributed by atoms with Crippen LogP contribution in [0.3, 0.4) is 0 Å². The van der Waals surface area contributed by atoms with Crippen LogP contribution >= 0.6 is 0 Å². The molecule has 1 fully saturated rings. The molecular formula is C25H28N2O3. The van der Waals surface area contributed by atoms with Crippen molar-refractivity contribution in [1.82, 2.24) is 5.32 Å². The van der Waals surface area contributed by atoms with Crippen LogP contribution in [0, 0.1) is 18.3 Å². The van der Waals surface area contributed by atoms with Gasteiger partial charge in [-0.15, -0.1) is 0 Å². The fourth-order valence-corrected chi connectivity index (χ4v) is 3.56. The van der Waals surface area contributed by atoms with Crippen molar-refractivity contribution >= 4 is 12.0 Å². The summed E-state index contributed by atoms with van der Waals surface area (Å²) in [5.41, 5.74) is 3.08. The first kappa shape index (κ1) is 21.4. The summed E-state index contributed by atoms with van der Waals surface area (Å²) in [5, 5.41) is 12.4. The van der Waals surface area contributed by atoms with E-state index in [4.69, 9.17) is 9.47 Å². The molecule has 5 heteroatoms. The lowest BCUT2D eigenvalue weighted by atomic mass is 9.95. The second kappa shape index (κ2) is 10.5. The SMILES string of the molecule is COc1cc(C=C(C#N)C(=O)NC2CCCCC2)ccc1OCc1ccc(C)cc1. The molecule has 1 aliphatic carbocycles. The third kappa shape index (κ3) is 5.87. The fourth-order valence-electron chi connectivity index (χ4n) is 3.56. The van der Waals surface area contributed by atoms with Crippen molar-refractivity contribution in [2.45, 2.75) is 51.7 Å². The normalized spacial score (nSPS) is 14.6. The van der Waals surface area contributed by atoms with E-state index in [-0.39, 0.29) is 17.5 Å². The van der Waals surface area contributed by atoms with Crippen LogP contribution in [-0.2, 0) is 11.4 Å². The maximum Gasteiger partial charge on any atom is 0.262 e. The number of rotatable bonds is 7. The van der Waals surface area contributed by atoms with Crippen molar-refractivity contribution in [3.8, 4) is 17.6 Å². The number of hydrogen-bond donors (Lipinski definition) is 1. The molecule has 30 heavy (non-hydrogen) atoms. The van der Waals surface area contributed by atoms with Crippen LogP contribution < -0.4 is 14.8 Å². The maximum absolute atomic E-state index is 12.5. The molecule has 0 unspecified atom stereocenters. The van der Waals surface area contributed by atoms with Crippen LogP contribution in [0.5, 0.6) is 11.5 Å². The zero-order valence-electron chi connectivity index (χ0n) is 17.6. The molecule has 0 heterocycles. The number of ether oxygens (including phenoxy) is 2. The molecule has 1 aliphatic rings. The molecule has 2 aromatic carbocycles. The third-order valence-electron chi connectivity index (χ3n) is 5.32. The lowest BCUT2D eigenvalue weighted by Gasteiger charge is -2.22. The lowest BCUT2D eigenvalue weighted by Crippen LogP contribution is -2.36. The van der Waals surface area contributed by atoms with E-state index in [9.17, 15) is 10.1 Å². The van der Waals surface area contributed by atoms with Crippen molar-refractivity contribution in [2.75, 3.05) is 7.11 Å². The zero-order chi connectivity index (χ0) is 21.3. The number of carbonyl (C=O) groups is 1. The lowest BCUT2D eigenvalue weighted by molar-refractivity contribution is -0.117. The third-order valence-corrected chi connectivity index (χ3v) is 5.32. The molecule has 1 N–H and O–H groups in total. The van der Waals surface area contributed by atoms with Gasteiger partial charge in [-0.3, -0.25) is 4.79 Å². The Morgan fingerprint density at radius 3 is 2.53 bits per heavy atom. The van der Waals surface area contributed by atoms with Crippen LogP contribution in [0.4, 0.5) is 0 Å². The van der Waals surface area contributed by atoms with E-state index in [1.165, 1.54) is 12.0 Å². The largest absolute Gasteiger partial charge is 0.493 e. The number of methoxy groups -OCH3 is 1. The molecule has 3 rings (SSSR count). The summed E-state index contributed by atoms with van der Waals surface area (Å²) < 4.78 is 11.4. The highest BCUT2D eigenvalue weighted by Gasteiger charge is 2.18. The van der Waals surface area contributed by atoms with Crippen LogP contribution in [-0.4, -0.2) is 19.1 Å². The highest BCUT2D eigenvalue weighted by Crippen LogP contribution is 2.30. The van der Waals surface area contributed by atoms with Gasteiger partial charge >= 0.3 is 0 Å². The van der Waals surface area contributed by atoms with Crippen molar-refractivity contribution < 1.29 is 14.3 Å². The minimum atomic E-state index is -0.317.